The van der Waals surface area contributed by atoms with Gasteiger partial charge in [0, 0.05) is 5.92 Å². The summed E-state index contributed by atoms with van der Waals surface area (Å²) in [5.74, 6) is 1.38. The lowest BCUT2D eigenvalue weighted by atomic mass is 9.89. The number of hydrogen-bond donors (Lipinski definition) is 0. The number of allylic oxidation sites excluding steroid dienone is 4. The molecule has 1 aromatic rings. The fourth-order valence-electron chi connectivity index (χ4n) is 2.48. The molecule has 0 saturated carbocycles. The summed E-state index contributed by atoms with van der Waals surface area (Å²) in [6.07, 6.45) is 10.2. The third kappa shape index (κ3) is 0.983. The molecule has 3 rings (SSSR count). The van der Waals surface area contributed by atoms with Gasteiger partial charge < -0.3 is 0 Å². The molecule has 0 saturated heterocycles. The van der Waals surface area contributed by atoms with Gasteiger partial charge in [0.05, 0.1) is 0 Å². The van der Waals surface area contributed by atoms with Gasteiger partial charge in [-0.2, -0.15) is 0 Å². The standard InChI is InChI=1S/C13H12/c1-3-7-12-10(5-1)9-11-6-2-4-8-13(11)12/h1-8,10,12H,9H2/t10-,12?/m1/s1. The van der Waals surface area contributed by atoms with Crippen molar-refractivity contribution in [1.82, 2.24) is 0 Å². The van der Waals surface area contributed by atoms with Crippen LogP contribution in [0.3, 0.4) is 0 Å². The highest BCUT2D eigenvalue weighted by Gasteiger charge is 2.29. The maximum Gasteiger partial charge on any atom is 0.00899 e. The van der Waals surface area contributed by atoms with Crippen molar-refractivity contribution in [2.45, 2.75) is 12.3 Å². The Labute approximate surface area is 78.6 Å². The fourth-order valence-corrected chi connectivity index (χ4v) is 2.48. The van der Waals surface area contributed by atoms with Crippen molar-refractivity contribution in [3.05, 3.63) is 59.7 Å². The van der Waals surface area contributed by atoms with Crippen LogP contribution >= 0.6 is 0 Å². The summed E-state index contributed by atoms with van der Waals surface area (Å²) in [6, 6.07) is 8.82. The molecule has 2 aliphatic carbocycles. The van der Waals surface area contributed by atoms with Crippen molar-refractivity contribution in [3.63, 3.8) is 0 Å². The molecule has 0 radical (unpaired) electrons. The van der Waals surface area contributed by atoms with E-state index in [1.807, 2.05) is 0 Å². The first-order chi connectivity index (χ1) is 6.45. The monoisotopic (exact) mass is 168 g/mol. The lowest BCUT2D eigenvalue weighted by Gasteiger charge is -2.15. The molecule has 0 heteroatoms. The number of fused-ring (bicyclic) bond motifs is 3. The average molecular weight is 168 g/mol. The van der Waals surface area contributed by atoms with Crippen LogP contribution in [0.4, 0.5) is 0 Å². The Morgan fingerprint density at radius 2 is 1.85 bits per heavy atom. The van der Waals surface area contributed by atoms with Crippen molar-refractivity contribution < 1.29 is 0 Å². The molecule has 0 heterocycles. The highest BCUT2D eigenvalue weighted by molar-refractivity contribution is 5.42. The zero-order valence-corrected chi connectivity index (χ0v) is 7.48. The molecule has 64 valence electrons. The maximum absolute atomic E-state index is 2.34. The molecule has 0 aliphatic heterocycles. The molecule has 0 amide bonds. The van der Waals surface area contributed by atoms with Crippen LogP contribution in [0.15, 0.2) is 48.6 Å². The van der Waals surface area contributed by atoms with Gasteiger partial charge in [-0.3, -0.25) is 0 Å². The molecule has 0 N–H and O–H groups in total. The van der Waals surface area contributed by atoms with Crippen molar-refractivity contribution in [3.8, 4) is 0 Å². The van der Waals surface area contributed by atoms with E-state index in [0.29, 0.717) is 5.92 Å². The van der Waals surface area contributed by atoms with Crippen molar-refractivity contribution >= 4 is 0 Å². The quantitative estimate of drug-likeness (QED) is 0.558. The van der Waals surface area contributed by atoms with E-state index in [9.17, 15) is 0 Å². The first-order valence-electron chi connectivity index (χ1n) is 4.88. The van der Waals surface area contributed by atoms with E-state index in [1.165, 1.54) is 17.5 Å². The third-order valence-corrected chi connectivity index (χ3v) is 3.12. The Morgan fingerprint density at radius 3 is 2.85 bits per heavy atom. The van der Waals surface area contributed by atoms with Crippen LogP contribution in [0.1, 0.15) is 17.0 Å². The Bertz CT molecular complexity index is 385. The van der Waals surface area contributed by atoms with E-state index in [-0.39, 0.29) is 0 Å². The van der Waals surface area contributed by atoms with Crippen molar-refractivity contribution in [2.75, 3.05) is 0 Å². The van der Waals surface area contributed by atoms with E-state index < -0.39 is 0 Å². The summed E-state index contributed by atoms with van der Waals surface area (Å²) in [6.45, 7) is 0. The molecule has 2 aliphatic rings. The summed E-state index contributed by atoms with van der Waals surface area (Å²) >= 11 is 0. The van der Waals surface area contributed by atoms with E-state index in [1.54, 1.807) is 0 Å². The van der Waals surface area contributed by atoms with Crippen LogP contribution in [0, 0.1) is 5.92 Å². The molecule has 0 spiro atoms. The van der Waals surface area contributed by atoms with E-state index in [2.05, 4.69) is 48.6 Å². The Morgan fingerprint density at radius 1 is 1.00 bits per heavy atom. The molecule has 13 heavy (non-hydrogen) atoms. The Hall–Kier alpha value is -1.30. The number of benzene rings is 1. The smallest absolute Gasteiger partial charge is 0.00899 e. The van der Waals surface area contributed by atoms with Gasteiger partial charge in [-0.15, -0.1) is 0 Å². The Balaban J connectivity index is 2.12. The topological polar surface area (TPSA) is 0 Å². The van der Waals surface area contributed by atoms with Crippen LogP contribution in [0.25, 0.3) is 0 Å². The summed E-state index contributed by atoms with van der Waals surface area (Å²) in [7, 11) is 0. The van der Waals surface area contributed by atoms with Crippen LogP contribution in [0.5, 0.6) is 0 Å². The van der Waals surface area contributed by atoms with Gasteiger partial charge in [-0.1, -0.05) is 48.6 Å². The average Bonchev–Trinajstić information content (AvgIpc) is 2.56. The normalized spacial score (nSPS) is 28.6. The molecule has 0 aromatic heterocycles. The third-order valence-electron chi connectivity index (χ3n) is 3.12. The summed E-state index contributed by atoms with van der Waals surface area (Å²) in [4.78, 5) is 0. The number of hydrogen-bond acceptors (Lipinski definition) is 0. The largest absolute Gasteiger partial charge is 0.0802 e. The zero-order chi connectivity index (χ0) is 8.67. The van der Waals surface area contributed by atoms with Gasteiger partial charge in [-0.25, -0.2) is 0 Å². The number of rotatable bonds is 0. The summed E-state index contributed by atoms with van der Waals surface area (Å²) in [5.41, 5.74) is 3.07. The Kier molecular flexibility index (Phi) is 1.42. The fraction of sp³-hybridized carbons (Fsp3) is 0.231. The van der Waals surface area contributed by atoms with Crippen LogP contribution in [-0.4, -0.2) is 0 Å². The summed E-state index contributed by atoms with van der Waals surface area (Å²) in [5, 5.41) is 0. The van der Waals surface area contributed by atoms with Crippen LogP contribution in [-0.2, 0) is 6.42 Å². The van der Waals surface area contributed by atoms with Gasteiger partial charge in [0.1, 0.15) is 0 Å². The SMILES string of the molecule is C1=CC2c3ccccc3C[C@H]2C=C1. The second-order valence-corrected chi connectivity index (χ2v) is 3.86. The van der Waals surface area contributed by atoms with Gasteiger partial charge in [0.2, 0.25) is 0 Å². The molecular formula is C13H12. The van der Waals surface area contributed by atoms with E-state index in [4.69, 9.17) is 0 Å². The lowest BCUT2D eigenvalue weighted by molar-refractivity contribution is 0.630. The molecule has 2 atom stereocenters. The predicted molar refractivity (Wildman–Crippen MR) is 54.7 cm³/mol. The molecule has 1 aromatic carbocycles. The van der Waals surface area contributed by atoms with Crippen LogP contribution in [0.2, 0.25) is 0 Å². The lowest BCUT2D eigenvalue weighted by Crippen LogP contribution is -2.03. The first kappa shape index (κ1) is 7.14. The molecular weight excluding hydrogens is 156 g/mol. The molecule has 0 nitrogen and oxygen atoms in total. The minimum Gasteiger partial charge on any atom is -0.0802 e. The molecule has 0 fully saturated rings. The molecule has 1 unspecified atom stereocenters. The highest BCUT2D eigenvalue weighted by atomic mass is 14.3. The minimum absolute atomic E-state index is 0.654. The summed E-state index contributed by atoms with van der Waals surface area (Å²) < 4.78 is 0. The van der Waals surface area contributed by atoms with Crippen molar-refractivity contribution in [2.24, 2.45) is 5.92 Å². The first-order valence-corrected chi connectivity index (χ1v) is 4.88. The van der Waals surface area contributed by atoms with Crippen LogP contribution < -0.4 is 0 Å². The van der Waals surface area contributed by atoms with Gasteiger partial charge >= 0.3 is 0 Å². The maximum atomic E-state index is 2.34. The van der Waals surface area contributed by atoms with Crippen molar-refractivity contribution in [1.29, 1.82) is 0 Å². The highest BCUT2D eigenvalue weighted by Crippen LogP contribution is 2.40. The molecule has 0 bridgehead atoms. The van der Waals surface area contributed by atoms with E-state index >= 15 is 0 Å². The van der Waals surface area contributed by atoms with Gasteiger partial charge in [0.25, 0.3) is 0 Å². The van der Waals surface area contributed by atoms with E-state index in [0.717, 1.165) is 5.92 Å². The van der Waals surface area contributed by atoms with Gasteiger partial charge in [0.15, 0.2) is 0 Å². The zero-order valence-electron chi connectivity index (χ0n) is 7.48. The second kappa shape index (κ2) is 2.59. The van der Waals surface area contributed by atoms with Gasteiger partial charge in [-0.05, 0) is 23.5 Å². The second-order valence-electron chi connectivity index (χ2n) is 3.86. The minimum atomic E-state index is 0.654. The predicted octanol–water partition coefficient (Wildman–Crippen LogP) is 3.07.